The van der Waals surface area contributed by atoms with Crippen molar-refractivity contribution in [1.29, 1.82) is 0 Å². The van der Waals surface area contributed by atoms with Crippen LogP contribution < -0.4 is 5.32 Å². The summed E-state index contributed by atoms with van der Waals surface area (Å²) in [6.07, 6.45) is 3.39. The summed E-state index contributed by atoms with van der Waals surface area (Å²) in [6, 6.07) is 6.15. The predicted molar refractivity (Wildman–Crippen MR) is 86.2 cm³/mol. The molecular weight excluding hydrogens is 277 g/mol. The minimum atomic E-state index is 0.329. The predicted octanol–water partition coefficient (Wildman–Crippen LogP) is 5.86. The van der Waals surface area contributed by atoms with Crippen molar-refractivity contribution < 1.29 is 0 Å². The van der Waals surface area contributed by atoms with Gasteiger partial charge in [-0.05, 0) is 55.0 Å². The first-order valence-electron chi connectivity index (χ1n) is 7.01. The molecule has 0 aromatic heterocycles. The standard InChI is InChI=1S/C16H25Cl2N/c1-5-8-19-15(6-7-16(2,3)4)12-9-13(17)11-14(18)10-12/h9-11,15,19H,5-8H2,1-4H3. The van der Waals surface area contributed by atoms with Crippen molar-refractivity contribution in [2.24, 2.45) is 5.41 Å². The van der Waals surface area contributed by atoms with Crippen LogP contribution in [0.4, 0.5) is 0 Å². The summed E-state index contributed by atoms with van der Waals surface area (Å²) in [5.41, 5.74) is 1.53. The molecule has 19 heavy (non-hydrogen) atoms. The number of hydrogen-bond donors (Lipinski definition) is 1. The van der Waals surface area contributed by atoms with Gasteiger partial charge < -0.3 is 5.32 Å². The summed E-state index contributed by atoms with van der Waals surface area (Å²) in [4.78, 5) is 0. The van der Waals surface area contributed by atoms with Crippen LogP contribution in [0.25, 0.3) is 0 Å². The Morgan fingerprint density at radius 2 is 1.68 bits per heavy atom. The van der Waals surface area contributed by atoms with Crippen LogP contribution in [0.1, 0.15) is 58.6 Å². The first-order valence-corrected chi connectivity index (χ1v) is 7.77. The van der Waals surface area contributed by atoms with E-state index >= 15 is 0 Å². The molecule has 1 atom stereocenters. The van der Waals surface area contributed by atoms with E-state index in [1.165, 1.54) is 12.0 Å². The lowest BCUT2D eigenvalue weighted by atomic mass is 9.87. The highest BCUT2D eigenvalue weighted by Gasteiger charge is 2.17. The van der Waals surface area contributed by atoms with E-state index in [0.29, 0.717) is 21.5 Å². The van der Waals surface area contributed by atoms with Crippen LogP contribution in [-0.2, 0) is 0 Å². The Bertz CT molecular complexity index is 376. The maximum atomic E-state index is 6.11. The van der Waals surface area contributed by atoms with Gasteiger partial charge in [-0.1, -0.05) is 50.9 Å². The van der Waals surface area contributed by atoms with Gasteiger partial charge in [-0.25, -0.2) is 0 Å². The van der Waals surface area contributed by atoms with Crippen LogP contribution in [0, 0.1) is 5.41 Å². The van der Waals surface area contributed by atoms with Crippen LogP contribution in [0.3, 0.4) is 0 Å². The smallest absolute Gasteiger partial charge is 0.0424 e. The zero-order chi connectivity index (χ0) is 14.5. The molecule has 1 rings (SSSR count). The fourth-order valence-corrected chi connectivity index (χ4v) is 2.60. The van der Waals surface area contributed by atoms with Gasteiger partial charge >= 0.3 is 0 Å². The van der Waals surface area contributed by atoms with E-state index < -0.39 is 0 Å². The topological polar surface area (TPSA) is 12.0 Å². The van der Waals surface area contributed by atoms with Crippen molar-refractivity contribution >= 4 is 23.2 Å². The van der Waals surface area contributed by atoms with E-state index in [1.807, 2.05) is 12.1 Å². The Labute approximate surface area is 127 Å². The Morgan fingerprint density at radius 3 is 2.16 bits per heavy atom. The lowest BCUT2D eigenvalue weighted by Gasteiger charge is -2.24. The minimum Gasteiger partial charge on any atom is -0.310 e. The molecule has 3 heteroatoms. The number of nitrogens with one attached hydrogen (secondary N) is 1. The molecule has 0 radical (unpaired) electrons. The van der Waals surface area contributed by atoms with Crippen LogP contribution in [0.2, 0.25) is 10.0 Å². The SMILES string of the molecule is CCCNC(CCC(C)(C)C)c1cc(Cl)cc(Cl)c1. The van der Waals surface area contributed by atoms with Gasteiger partial charge in [-0.2, -0.15) is 0 Å². The van der Waals surface area contributed by atoms with Gasteiger partial charge in [0.2, 0.25) is 0 Å². The van der Waals surface area contributed by atoms with Gasteiger partial charge in [-0.15, -0.1) is 0 Å². The van der Waals surface area contributed by atoms with Crippen molar-refractivity contribution in [3.05, 3.63) is 33.8 Å². The summed E-state index contributed by atoms with van der Waals surface area (Å²) in [7, 11) is 0. The molecule has 0 saturated carbocycles. The first-order chi connectivity index (χ1) is 8.81. The van der Waals surface area contributed by atoms with Gasteiger partial charge in [0.05, 0.1) is 0 Å². The highest BCUT2D eigenvalue weighted by atomic mass is 35.5. The number of benzene rings is 1. The van der Waals surface area contributed by atoms with E-state index in [9.17, 15) is 0 Å². The van der Waals surface area contributed by atoms with Gasteiger partial charge in [0, 0.05) is 16.1 Å². The summed E-state index contributed by atoms with van der Waals surface area (Å²) in [5, 5.41) is 5.01. The lowest BCUT2D eigenvalue weighted by molar-refractivity contribution is 0.332. The van der Waals surface area contributed by atoms with Crippen LogP contribution >= 0.6 is 23.2 Å². The average molecular weight is 302 g/mol. The molecule has 1 aromatic carbocycles. The second kappa shape index (κ2) is 7.52. The Kier molecular flexibility index (Phi) is 6.65. The van der Waals surface area contributed by atoms with E-state index in [2.05, 4.69) is 33.0 Å². The summed E-state index contributed by atoms with van der Waals surface area (Å²) < 4.78 is 0. The molecule has 0 saturated heterocycles. The van der Waals surface area contributed by atoms with Gasteiger partial charge in [0.1, 0.15) is 0 Å². The zero-order valence-corrected chi connectivity index (χ0v) is 13.9. The maximum Gasteiger partial charge on any atom is 0.0424 e. The summed E-state index contributed by atoms with van der Waals surface area (Å²) in [5.74, 6) is 0. The monoisotopic (exact) mass is 301 g/mol. The van der Waals surface area contributed by atoms with Crippen LogP contribution in [-0.4, -0.2) is 6.54 Å². The van der Waals surface area contributed by atoms with Crippen molar-refractivity contribution in [3.8, 4) is 0 Å². The van der Waals surface area contributed by atoms with E-state index in [4.69, 9.17) is 23.2 Å². The minimum absolute atomic E-state index is 0.329. The Morgan fingerprint density at radius 1 is 1.11 bits per heavy atom. The van der Waals surface area contributed by atoms with E-state index in [-0.39, 0.29) is 0 Å². The Balaban J connectivity index is 2.82. The van der Waals surface area contributed by atoms with Crippen molar-refractivity contribution in [2.75, 3.05) is 6.54 Å². The average Bonchev–Trinajstić information content (AvgIpc) is 2.26. The van der Waals surface area contributed by atoms with Gasteiger partial charge in [-0.3, -0.25) is 0 Å². The maximum absolute atomic E-state index is 6.11. The molecule has 0 aliphatic rings. The molecule has 1 nitrogen and oxygen atoms in total. The molecule has 1 N–H and O–H groups in total. The summed E-state index contributed by atoms with van der Waals surface area (Å²) in [6.45, 7) is 10.0. The fourth-order valence-electron chi connectivity index (χ4n) is 2.06. The van der Waals surface area contributed by atoms with E-state index in [1.54, 1.807) is 6.07 Å². The summed E-state index contributed by atoms with van der Waals surface area (Å²) >= 11 is 12.2. The quantitative estimate of drug-likeness (QED) is 0.694. The third-order valence-corrected chi connectivity index (χ3v) is 3.55. The lowest BCUT2D eigenvalue weighted by Crippen LogP contribution is -2.23. The molecule has 108 valence electrons. The molecule has 0 spiro atoms. The highest BCUT2D eigenvalue weighted by molar-refractivity contribution is 6.34. The first kappa shape index (κ1) is 16.8. The van der Waals surface area contributed by atoms with Gasteiger partial charge in [0.25, 0.3) is 0 Å². The second-order valence-electron chi connectivity index (χ2n) is 6.31. The van der Waals surface area contributed by atoms with Crippen molar-refractivity contribution in [1.82, 2.24) is 5.32 Å². The van der Waals surface area contributed by atoms with Gasteiger partial charge in [0.15, 0.2) is 0 Å². The Hall–Kier alpha value is -0.240. The molecule has 0 aliphatic heterocycles. The second-order valence-corrected chi connectivity index (χ2v) is 7.18. The molecule has 0 amide bonds. The number of halogens is 2. The molecule has 0 bridgehead atoms. The van der Waals surface area contributed by atoms with Crippen LogP contribution in [0.5, 0.6) is 0 Å². The highest BCUT2D eigenvalue weighted by Crippen LogP contribution is 2.30. The van der Waals surface area contributed by atoms with Crippen molar-refractivity contribution in [2.45, 2.75) is 53.0 Å². The molecular formula is C16H25Cl2N. The largest absolute Gasteiger partial charge is 0.310 e. The van der Waals surface area contributed by atoms with E-state index in [0.717, 1.165) is 19.4 Å². The number of hydrogen-bond acceptors (Lipinski definition) is 1. The molecule has 1 aromatic rings. The molecule has 0 aliphatic carbocycles. The fraction of sp³-hybridized carbons (Fsp3) is 0.625. The molecule has 0 fully saturated rings. The van der Waals surface area contributed by atoms with Crippen LogP contribution in [0.15, 0.2) is 18.2 Å². The third kappa shape index (κ3) is 6.65. The zero-order valence-electron chi connectivity index (χ0n) is 12.4. The van der Waals surface area contributed by atoms with Crippen molar-refractivity contribution in [3.63, 3.8) is 0 Å². The molecule has 0 heterocycles. The normalized spacial score (nSPS) is 13.6. The number of rotatable bonds is 6. The third-order valence-electron chi connectivity index (χ3n) is 3.11. The molecule has 1 unspecified atom stereocenters.